The standard InChI is InChI=1S/C22H20Cl2N2O3S/c1-14-3-4-15(2)21(11-14)25-22(27)12-16-5-7-17(8-6-16)26-30(28,29)18-9-10-19(23)20(24)13-18/h3-11,13,26H,12H2,1-2H3,(H,25,27). The quantitative estimate of drug-likeness (QED) is 0.500. The van der Waals surface area contributed by atoms with E-state index < -0.39 is 10.0 Å². The van der Waals surface area contributed by atoms with Gasteiger partial charge in [0.25, 0.3) is 10.0 Å². The fraction of sp³-hybridized carbons (Fsp3) is 0.136. The first kappa shape index (κ1) is 22.2. The molecule has 0 aliphatic heterocycles. The van der Waals surface area contributed by atoms with E-state index in [0.29, 0.717) is 5.69 Å². The molecule has 0 atom stereocenters. The molecule has 0 spiro atoms. The van der Waals surface area contributed by atoms with Crippen molar-refractivity contribution in [3.63, 3.8) is 0 Å². The van der Waals surface area contributed by atoms with Crippen molar-refractivity contribution in [2.75, 3.05) is 10.0 Å². The molecule has 156 valence electrons. The predicted molar refractivity (Wildman–Crippen MR) is 122 cm³/mol. The molecule has 1 amide bonds. The van der Waals surface area contributed by atoms with Gasteiger partial charge in [-0.05, 0) is 66.9 Å². The topological polar surface area (TPSA) is 75.3 Å². The summed E-state index contributed by atoms with van der Waals surface area (Å²) in [7, 11) is -3.81. The Balaban J connectivity index is 1.66. The molecule has 0 aliphatic carbocycles. The van der Waals surface area contributed by atoms with Crippen molar-refractivity contribution in [2.45, 2.75) is 25.2 Å². The highest BCUT2D eigenvalue weighted by Crippen LogP contribution is 2.26. The first-order valence-electron chi connectivity index (χ1n) is 9.08. The number of anilines is 2. The molecule has 8 heteroatoms. The van der Waals surface area contributed by atoms with Crippen LogP contribution in [0.25, 0.3) is 0 Å². The number of hydrogen-bond acceptors (Lipinski definition) is 3. The van der Waals surface area contributed by atoms with Gasteiger partial charge in [0, 0.05) is 11.4 Å². The van der Waals surface area contributed by atoms with Crippen LogP contribution in [0.15, 0.2) is 65.6 Å². The lowest BCUT2D eigenvalue weighted by atomic mass is 10.1. The van der Waals surface area contributed by atoms with Gasteiger partial charge in [-0.3, -0.25) is 9.52 Å². The molecule has 0 aromatic heterocycles. The molecule has 3 rings (SSSR count). The molecule has 0 unspecified atom stereocenters. The summed E-state index contributed by atoms with van der Waals surface area (Å²) in [6.45, 7) is 3.90. The van der Waals surface area contributed by atoms with Crippen molar-refractivity contribution >= 4 is 50.5 Å². The Bertz CT molecular complexity index is 1190. The van der Waals surface area contributed by atoms with Crippen LogP contribution in [0.4, 0.5) is 11.4 Å². The molecule has 5 nitrogen and oxygen atoms in total. The number of rotatable bonds is 6. The first-order chi connectivity index (χ1) is 14.1. The van der Waals surface area contributed by atoms with E-state index in [9.17, 15) is 13.2 Å². The summed E-state index contributed by atoms with van der Waals surface area (Å²) < 4.78 is 27.5. The average molecular weight is 463 g/mol. The van der Waals surface area contributed by atoms with E-state index in [0.717, 1.165) is 22.4 Å². The van der Waals surface area contributed by atoms with Gasteiger partial charge in [-0.25, -0.2) is 8.42 Å². The SMILES string of the molecule is Cc1ccc(C)c(NC(=O)Cc2ccc(NS(=O)(=O)c3ccc(Cl)c(Cl)c3)cc2)c1. The molecule has 3 aromatic rings. The molecule has 0 heterocycles. The summed E-state index contributed by atoms with van der Waals surface area (Å²) in [5.74, 6) is -0.146. The number of hydrogen-bond donors (Lipinski definition) is 2. The molecule has 3 aromatic carbocycles. The molecule has 2 N–H and O–H groups in total. The zero-order valence-corrected chi connectivity index (χ0v) is 18.7. The van der Waals surface area contributed by atoms with E-state index in [1.807, 2.05) is 32.0 Å². The van der Waals surface area contributed by atoms with E-state index >= 15 is 0 Å². The average Bonchev–Trinajstić information content (AvgIpc) is 2.68. The molecule has 30 heavy (non-hydrogen) atoms. The number of nitrogens with one attached hydrogen (secondary N) is 2. The lowest BCUT2D eigenvalue weighted by Crippen LogP contribution is -2.15. The number of halogens is 2. The van der Waals surface area contributed by atoms with Gasteiger partial charge in [0.1, 0.15) is 0 Å². The predicted octanol–water partition coefficient (Wildman–Crippen LogP) is 5.59. The van der Waals surface area contributed by atoms with E-state index in [2.05, 4.69) is 10.0 Å². The normalized spacial score (nSPS) is 11.2. The van der Waals surface area contributed by atoms with Gasteiger partial charge >= 0.3 is 0 Å². The minimum absolute atomic E-state index is 0.00822. The second-order valence-electron chi connectivity index (χ2n) is 6.92. The van der Waals surface area contributed by atoms with Gasteiger partial charge in [-0.1, -0.05) is 47.5 Å². The van der Waals surface area contributed by atoms with E-state index in [1.165, 1.54) is 18.2 Å². The van der Waals surface area contributed by atoms with Crippen LogP contribution in [0.5, 0.6) is 0 Å². The summed E-state index contributed by atoms with van der Waals surface area (Å²) in [5.41, 5.74) is 3.97. The largest absolute Gasteiger partial charge is 0.326 e. The summed E-state index contributed by atoms with van der Waals surface area (Å²) in [6, 6.07) is 16.6. The van der Waals surface area contributed by atoms with Crippen LogP contribution in [0.1, 0.15) is 16.7 Å². The van der Waals surface area contributed by atoms with Crippen molar-refractivity contribution < 1.29 is 13.2 Å². The van der Waals surface area contributed by atoms with Gasteiger partial charge in [0.2, 0.25) is 5.91 Å². The van der Waals surface area contributed by atoms with Crippen LogP contribution in [0.3, 0.4) is 0 Å². The van der Waals surface area contributed by atoms with Gasteiger partial charge in [-0.15, -0.1) is 0 Å². The van der Waals surface area contributed by atoms with E-state index in [-0.39, 0.29) is 27.3 Å². The van der Waals surface area contributed by atoms with Crippen LogP contribution in [-0.4, -0.2) is 14.3 Å². The second-order valence-corrected chi connectivity index (χ2v) is 9.42. The van der Waals surface area contributed by atoms with Crippen LogP contribution in [-0.2, 0) is 21.2 Å². The maximum Gasteiger partial charge on any atom is 0.261 e. The summed E-state index contributed by atoms with van der Waals surface area (Å²) in [4.78, 5) is 12.4. The zero-order valence-electron chi connectivity index (χ0n) is 16.4. The van der Waals surface area contributed by atoms with Crippen molar-refractivity contribution in [3.05, 3.63) is 87.4 Å². The van der Waals surface area contributed by atoms with Crippen molar-refractivity contribution in [2.24, 2.45) is 0 Å². The van der Waals surface area contributed by atoms with Gasteiger partial charge in [0.15, 0.2) is 0 Å². The Morgan fingerprint density at radius 2 is 1.60 bits per heavy atom. The third-order valence-corrected chi connectivity index (χ3v) is 6.56. The lowest BCUT2D eigenvalue weighted by Gasteiger charge is -2.11. The Kier molecular flexibility index (Phi) is 6.71. The minimum atomic E-state index is -3.81. The highest BCUT2D eigenvalue weighted by atomic mass is 35.5. The Hall–Kier alpha value is -2.54. The van der Waals surface area contributed by atoms with Gasteiger partial charge in [-0.2, -0.15) is 0 Å². The van der Waals surface area contributed by atoms with Crippen molar-refractivity contribution in [3.8, 4) is 0 Å². The number of carbonyl (C=O) groups excluding carboxylic acids is 1. The number of benzene rings is 3. The molecular weight excluding hydrogens is 443 g/mol. The lowest BCUT2D eigenvalue weighted by molar-refractivity contribution is -0.115. The van der Waals surface area contributed by atoms with Crippen LogP contribution < -0.4 is 10.0 Å². The van der Waals surface area contributed by atoms with E-state index in [1.54, 1.807) is 24.3 Å². The number of aryl methyl sites for hydroxylation is 2. The molecule has 0 saturated heterocycles. The van der Waals surface area contributed by atoms with Crippen LogP contribution >= 0.6 is 23.2 Å². The Morgan fingerprint density at radius 3 is 2.27 bits per heavy atom. The molecular formula is C22H20Cl2N2O3S. The summed E-state index contributed by atoms with van der Waals surface area (Å²) in [6.07, 6.45) is 0.174. The fourth-order valence-electron chi connectivity index (χ4n) is 2.80. The second kappa shape index (κ2) is 9.08. The summed E-state index contributed by atoms with van der Waals surface area (Å²) >= 11 is 11.7. The van der Waals surface area contributed by atoms with E-state index in [4.69, 9.17) is 23.2 Å². The van der Waals surface area contributed by atoms with Crippen molar-refractivity contribution in [1.82, 2.24) is 0 Å². The molecule has 0 radical (unpaired) electrons. The highest BCUT2D eigenvalue weighted by Gasteiger charge is 2.16. The monoisotopic (exact) mass is 462 g/mol. The molecule has 0 aliphatic rings. The summed E-state index contributed by atoms with van der Waals surface area (Å²) in [5, 5.41) is 3.34. The number of sulfonamides is 1. The number of amides is 1. The van der Waals surface area contributed by atoms with Gasteiger partial charge < -0.3 is 5.32 Å². The Morgan fingerprint density at radius 1 is 0.900 bits per heavy atom. The van der Waals surface area contributed by atoms with Crippen LogP contribution in [0, 0.1) is 13.8 Å². The number of carbonyl (C=O) groups is 1. The minimum Gasteiger partial charge on any atom is -0.326 e. The Labute approximate surface area is 186 Å². The third-order valence-electron chi connectivity index (χ3n) is 4.44. The highest BCUT2D eigenvalue weighted by molar-refractivity contribution is 7.92. The molecule has 0 bridgehead atoms. The third kappa shape index (κ3) is 5.53. The zero-order chi connectivity index (χ0) is 21.9. The smallest absolute Gasteiger partial charge is 0.261 e. The van der Waals surface area contributed by atoms with Crippen LogP contribution in [0.2, 0.25) is 10.0 Å². The maximum absolute atomic E-state index is 12.5. The molecule has 0 saturated carbocycles. The maximum atomic E-state index is 12.5. The fourth-order valence-corrected chi connectivity index (χ4v) is 4.25. The van der Waals surface area contributed by atoms with Crippen molar-refractivity contribution in [1.29, 1.82) is 0 Å². The first-order valence-corrected chi connectivity index (χ1v) is 11.3. The molecule has 0 fully saturated rings. The van der Waals surface area contributed by atoms with Gasteiger partial charge in [0.05, 0.1) is 21.4 Å².